The van der Waals surface area contributed by atoms with Gasteiger partial charge in [0.2, 0.25) is 5.91 Å². The first-order valence-electron chi connectivity index (χ1n) is 4.98. The van der Waals surface area contributed by atoms with E-state index in [1.54, 1.807) is 12.4 Å². The van der Waals surface area contributed by atoms with Gasteiger partial charge in [0, 0.05) is 18.8 Å². The Morgan fingerprint density at radius 1 is 1.64 bits per heavy atom. The van der Waals surface area contributed by atoms with Gasteiger partial charge in [0.15, 0.2) is 0 Å². The number of amides is 1. The number of rotatable bonds is 3. The van der Waals surface area contributed by atoms with E-state index in [-0.39, 0.29) is 5.91 Å². The highest BCUT2D eigenvalue weighted by molar-refractivity contribution is 5.90. The smallest absolute Gasteiger partial charge is 0.224 e. The van der Waals surface area contributed by atoms with Crippen molar-refractivity contribution in [2.75, 3.05) is 18.4 Å². The number of aromatic amines is 1. The van der Waals surface area contributed by atoms with Crippen LogP contribution in [0.2, 0.25) is 0 Å². The van der Waals surface area contributed by atoms with Gasteiger partial charge in [-0.25, -0.2) is 0 Å². The summed E-state index contributed by atoms with van der Waals surface area (Å²) >= 11 is 0. The SMILES string of the molecule is O=C(CC1CCNC1)Nc1cc[nH]c1. The van der Waals surface area contributed by atoms with Crippen molar-refractivity contribution in [1.29, 1.82) is 0 Å². The maximum atomic E-state index is 11.5. The molecule has 76 valence electrons. The van der Waals surface area contributed by atoms with E-state index in [0.717, 1.165) is 25.2 Å². The first-order chi connectivity index (χ1) is 6.84. The molecule has 1 amide bonds. The summed E-state index contributed by atoms with van der Waals surface area (Å²) < 4.78 is 0. The minimum Gasteiger partial charge on any atom is -0.366 e. The number of anilines is 1. The molecule has 1 aromatic rings. The van der Waals surface area contributed by atoms with E-state index in [1.165, 1.54) is 0 Å². The van der Waals surface area contributed by atoms with Crippen LogP contribution in [0.25, 0.3) is 0 Å². The second-order valence-corrected chi connectivity index (χ2v) is 3.71. The van der Waals surface area contributed by atoms with Crippen LogP contribution < -0.4 is 10.6 Å². The molecule has 4 heteroatoms. The van der Waals surface area contributed by atoms with Crippen LogP contribution in [-0.2, 0) is 4.79 Å². The highest BCUT2D eigenvalue weighted by atomic mass is 16.1. The van der Waals surface area contributed by atoms with E-state index >= 15 is 0 Å². The Bertz CT molecular complexity index is 288. The Morgan fingerprint density at radius 2 is 2.57 bits per heavy atom. The van der Waals surface area contributed by atoms with Gasteiger partial charge in [-0.2, -0.15) is 0 Å². The van der Waals surface area contributed by atoms with Crippen LogP contribution in [0.1, 0.15) is 12.8 Å². The van der Waals surface area contributed by atoms with Crippen molar-refractivity contribution in [2.45, 2.75) is 12.8 Å². The Morgan fingerprint density at radius 3 is 3.21 bits per heavy atom. The largest absolute Gasteiger partial charge is 0.366 e. The van der Waals surface area contributed by atoms with Gasteiger partial charge in [-0.1, -0.05) is 0 Å². The number of aromatic nitrogens is 1. The summed E-state index contributed by atoms with van der Waals surface area (Å²) in [5.74, 6) is 0.618. The number of hydrogen-bond donors (Lipinski definition) is 3. The fraction of sp³-hybridized carbons (Fsp3) is 0.500. The van der Waals surface area contributed by atoms with Crippen molar-refractivity contribution in [1.82, 2.24) is 10.3 Å². The van der Waals surface area contributed by atoms with Crippen LogP contribution >= 0.6 is 0 Å². The molecule has 0 bridgehead atoms. The van der Waals surface area contributed by atoms with Crippen molar-refractivity contribution in [3.63, 3.8) is 0 Å². The van der Waals surface area contributed by atoms with Gasteiger partial charge in [-0.3, -0.25) is 4.79 Å². The highest BCUT2D eigenvalue weighted by Gasteiger charge is 2.17. The molecule has 2 rings (SSSR count). The predicted molar refractivity (Wildman–Crippen MR) is 55.0 cm³/mol. The van der Waals surface area contributed by atoms with Gasteiger partial charge in [0.1, 0.15) is 0 Å². The molecule has 0 radical (unpaired) electrons. The molecule has 4 nitrogen and oxygen atoms in total. The van der Waals surface area contributed by atoms with Gasteiger partial charge in [0.25, 0.3) is 0 Å². The Hall–Kier alpha value is -1.29. The zero-order valence-corrected chi connectivity index (χ0v) is 8.05. The molecule has 0 spiro atoms. The maximum Gasteiger partial charge on any atom is 0.224 e. The number of hydrogen-bond acceptors (Lipinski definition) is 2. The molecule has 1 aromatic heterocycles. The van der Waals surface area contributed by atoms with Crippen molar-refractivity contribution in [3.05, 3.63) is 18.5 Å². The van der Waals surface area contributed by atoms with Gasteiger partial charge in [-0.05, 0) is 31.5 Å². The molecule has 1 saturated heterocycles. The molecule has 1 aliphatic heterocycles. The molecule has 0 aliphatic carbocycles. The summed E-state index contributed by atoms with van der Waals surface area (Å²) in [4.78, 5) is 14.4. The monoisotopic (exact) mass is 193 g/mol. The summed E-state index contributed by atoms with van der Waals surface area (Å²) in [6, 6.07) is 1.85. The predicted octanol–water partition coefficient (Wildman–Crippen LogP) is 0.953. The number of carbonyl (C=O) groups excluding carboxylic acids is 1. The highest BCUT2D eigenvalue weighted by Crippen LogP contribution is 2.13. The van der Waals surface area contributed by atoms with E-state index < -0.39 is 0 Å². The summed E-state index contributed by atoms with van der Waals surface area (Å²) in [5.41, 5.74) is 0.848. The molecule has 2 heterocycles. The first kappa shape index (κ1) is 9.27. The third-order valence-corrected chi connectivity index (χ3v) is 2.52. The van der Waals surface area contributed by atoms with Gasteiger partial charge in [-0.15, -0.1) is 0 Å². The van der Waals surface area contributed by atoms with Crippen LogP contribution in [-0.4, -0.2) is 24.0 Å². The molecule has 0 saturated carbocycles. The minimum absolute atomic E-state index is 0.110. The zero-order chi connectivity index (χ0) is 9.80. The standard InChI is InChI=1S/C10H15N3O/c14-10(5-8-1-3-11-6-8)13-9-2-4-12-7-9/h2,4,7-8,11-12H,1,3,5-6H2,(H,13,14). The first-order valence-corrected chi connectivity index (χ1v) is 4.98. The van der Waals surface area contributed by atoms with Crippen LogP contribution in [0.5, 0.6) is 0 Å². The molecule has 14 heavy (non-hydrogen) atoms. The normalized spacial score (nSPS) is 21.0. The number of carbonyl (C=O) groups is 1. The Kier molecular flexibility index (Phi) is 2.84. The van der Waals surface area contributed by atoms with Crippen LogP contribution in [0.4, 0.5) is 5.69 Å². The third kappa shape index (κ3) is 2.35. The maximum absolute atomic E-state index is 11.5. The molecule has 1 unspecified atom stereocenters. The Labute approximate surface area is 83.1 Å². The summed E-state index contributed by atoms with van der Waals surface area (Å²) in [5, 5.41) is 6.10. The number of nitrogens with one attached hydrogen (secondary N) is 3. The molecular weight excluding hydrogens is 178 g/mol. The molecule has 0 aromatic carbocycles. The van der Waals surface area contributed by atoms with Gasteiger partial charge >= 0.3 is 0 Å². The molecular formula is C10H15N3O. The van der Waals surface area contributed by atoms with Crippen LogP contribution in [0.15, 0.2) is 18.5 Å². The van der Waals surface area contributed by atoms with E-state index in [9.17, 15) is 4.79 Å². The van der Waals surface area contributed by atoms with E-state index in [4.69, 9.17) is 0 Å². The quantitative estimate of drug-likeness (QED) is 0.669. The topological polar surface area (TPSA) is 56.9 Å². The van der Waals surface area contributed by atoms with Crippen molar-refractivity contribution < 1.29 is 4.79 Å². The lowest BCUT2D eigenvalue weighted by Crippen LogP contribution is -2.18. The van der Waals surface area contributed by atoms with Crippen LogP contribution in [0, 0.1) is 5.92 Å². The minimum atomic E-state index is 0.110. The van der Waals surface area contributed by atoms with E-state index in [2.05, 4.69) is 15.6 Å². The fourth-order valence-corrected chi connectivity index (χ4v) is 1.76. The summed E-state index contributed by atoms with van der Waals surface area (Å²) in [6.07, 6.45) is 5.32. The van der Waals surface area contributed by atoms with E-state index in [1.807, 2.05) is 6.07 Å². The summed E-state index contributed by atoms with van der Waals surface area (Å²) in [7, 11) is 0. The van der Waals surface area contributed by atoms with E-state index in [0.29, 0.717) is 12.3 Å². The Balaban J connectivity index is 1.78. The van der Waals surface area contributed by atoms with Crippen molar-refractivity contribution in [3.8, 4) is 0 Å². The molecule has 3 N–H and O–H groups in total. The van der Waals surface area contributed by atoms with Crippen LogP contribution in [0.3, 0.4) is 0 Å². The fourth-order valence-electron chi connectivity index (χ4n) is 1.76. The van der Waals surface area contributed by atoms with Crippen molar-refractivity contribution >= 4 is 11.6 Å². The lowest BCUT2D eigenvalue weighted by Gasteiger charge is -2.07. The second kappa shape index (κ2) is 4.28. The average Bonchev–Trinajstić information content (AvgIpc) is 2.76. The molecule has 1 atom stereocenters. The summed E-state index contributed by atoms with van der Waals surface area (Å²) in [6.45, 7) is 2.02. The number of H-pyrrole nitrogens is 1. The second-order valence-electron chi connectivity index (χ2n) is 3.71. The lowest BCUT2D eigenvalue weighted by molar-refractivity contribution is -0.116. The average molecular weight is 193 g/mol. The van der Waals surface area contributed by atoms with Gasteiger partial charge < -0.3 is 15.6 Å². The van der Waals surface area contributed by atoms with Gasteiger partial charge in [0.05, 0.1) is 5.69 Å². The zero-order valence-electron chi connectivity index (χ0n) is 8.05. The van der Waals surface area contributed by atoms with Crippen molar-refractivity contribution in [2.24, 2.45) is 5.92 Å². The lowest BCUT2D eigenvalue weighted by atomic mass is 10.0. The molecule has 1 aliphatic rings. The molecule has 1 fully saturated rings. The third-order valence-electron chi connectivity index (χ3n) is 2.52.